The first-order chi connectivity index (χ1) is 10.1. The summed E-state index contributed by atoms with van der Waals surface area (Å²) in [6.07, 6.45) is 3.43. The Balaban J connectivity index is 1.96. The summed E-state index contributed by atoms with van der Waals surface area (Å²) in [7, 11) is -3.68. The van der Waals surface area contributed by atoms with E-state index in [0.29, 0.717) is 17.9 Å². The number of amides is 1. The van der Waals surface area contributed by atoms with E-state index in [0.717, 1.165) is 17.8 Å². The number of carbonyl (C=O) groups excluding carboxylic acids is 1. The second-order valence-electron chi connectivity index (χ2n) is 6.70. The third kappa shape index (κ3) is 5.33. The van der Waals surface area contributed by atoms with Crippen LogP contribution in [0.25, 0.3) is 0 Å². The van der Waals surface area contributed by atoms with E-state index >= 15 is 0 Å². The summed E-state index contributed by atoms with van der Waals surface area (Å²) in [5, 5.41) is 0.828. The van der Waals surface area contributed by atoms with E-state index < -0.39 is 15.9 Å². The molecule has 2 rings (SSSR count). The van der Waals surface area contributed by atoms with E-state index in [4.69, 9.17) is 4.74 Å². The Kier molecular flexibility index (Phi) is 5.24. The van der Waals surface area contributed by atoms with Gasteiger partial charge in [0, 0.05) is 13.0 Å². The summed E-state index contributed by atoms with van der Waals surface area (Å²) in [6, 6.07) is 0. The van der Waals surface area contributed by atoms with Gasteiger partial charge in [-0.05, 0) is 18.3 Å². The molecule has 1 aromatic heterocycles. The second kappa shape index (κ2) is 6.64. The maximum absolute atomic E-state index is 12.1. The largest absolute Gasteiger partial charge is 0.377 e. The van der Waals surface area contributed by atoms with E-state index in [1.165, 1.54) is 17.5 Å². The van der Waals surface area contributed by atoms with Crippen LogP contribution in [-0.2, 0) is 21.2 Å². The highest BCUT2D eigenvalue weighted by molar-refractivity contribution is 7.90. The normalized spacial score (nSPS) is 19.3. The van der Waals surface area contributed by atoms with E-state index in [1.807, 2.05) is 0 Å². The highest BCUT2D eigenvalue weighted by Crippen LogP contribution is 2.24. The molecule has 0 bridgehead atoms. The summed E-state index contributed by atoms with van der Waals surface area (Å²) in [5.74, 6) is -0.789. The molecule has 1 saturated heterocycles. The van der Waals surface area contributed by atoms with Crippen molar-refractivity contribution in [3.8, 4) is 0 Å². The predicted molar refractivity (Wildman–Crippen MR) is 85.5 cm³/mol. The van der Waals surface area contributed by atoms with Gasteiger partial charge in [-0.15, -0.1) is 11.3 Å². The van der Waals surface area contributed by atoms with Crippen molar-refractivity contribution in [2.24, 2.45) is 5.41 Å². The van der Waals surface area contributed by atoms with Crippen LogP contribution >= 0.6 is 11.3 Å². The second-order valence-corrected chi connectivity index (χ2v) is 9.59. The average Bonchev–Trinajstić information content (AvgIpc) is 2.97. The number of hydrogen-bond donors (Lipinski definition) is 1. The van der Waals surface area contributed by atoms with Crippen LogP contribution in [0.1, 0.15) is 48.3 Å². The van der Waals surface area contributed by atoms with Crippen molar-refractivity contribution < 1.29 is 17.9 Å². The minimum absolute atomic E-state index is 0.0670. The number of carbonyl (C=O) groups is 1. The summed E-state index contributed by atoms with van der Waals surface area (Å²) in [6.45, 7) is 6.83. The van der Waals surface area contributed by atoms with E-state index in [1.54, 1.807) is 0 Å². The van der Waals surface area contributed by atoms with Gasteiger partial charge in [0.1, 0.15) is 4.88 Å². The maximum atomic E-state index is 12.1. The maximum Gasteiger partial charge on any atom is 0.276 e. The Morgan fingerprint density at radius 3 is 2.82 bits per heavy atom. The van der Waals surface area contributed by atoms with Gasteiger partial charge >= 0.3 is 0 Å². The van der Waals surface area contributed by atoms with Crippen LogP contribution in [-0.4, -0.2) is 37.8 Å². The van der Waals surface area contributed by atoms with Crippen LogP contribution in [0.4, 0.5) is 0 Å². The molecule has 1 amide bonds. The lowest BCUT2D eigenvalue weighted by atomic mass is 9.93. The molecular formula is C14H22N2O4S2. The molecule has 1 aliphatic heterocycles. The van der Waals surface area contributed by atoms with E-state index in [9.17, 15) is 13.2 Å². The van der Waals surface area contributed by atoms with E-state index in [2.05, 4.69) is 30.5 Å². The number of sulfonamides is 1. The highest BCUT2D eigenvalue weighted by atomic mass is 32.2. The summed E-state index contributed by atoms with van der Waals surface area (Å²) < 4.78 is 31.4. The van der Waals surface area contributed by atoms with Crippen molar-refractivity contribution >= 4 is 27.3 Å². The molecule has 1 N–H and O–H groups in total. The first-order valence-electron chi connectivity index (χ1n) is 7.26. The molecule has 0 aliphatic carbocycles. The molecule has 0 aromatic carbocycles. The van der Waals surface area contributed by atoms with Crippen molar-refractivity contribution in [2.45, 2.75) is 46.1 Å². The van der Waals surface area contributed by atoms with Crippen LogP contribution in [0, 0.1) is 5.41 Å². The summed E-state index contributed by atoms with van der Waals surface area (Å²) in [4.78, 5) is 16.6. The first kappa shape index (κ1) is 17.4. The van der Waals surface area contributed by atoms with Crippen LogP contribution < -0.4 is 4.72 Å². The fraction of sp³-hybridized carbons (Fsp3) is 0.714. The molecule has 1 aliphatic rings. The molecule has 2 heterocycles. The Bertz CT molecular complexity index is 626. The summed E-state index contributed by atoms with van der Waals surface area (Å²) >= 11 is 1.23. The lowest BCUT2D eigenvalue weighted by Crippen LogP contribution is -2.35. The number of nitrogens with zero attached hydrogens (tertiary/aromatic N) is 1. The molecule has 8 heteroatoms. The predicted octanol–water partition coefficient (Wildman–Crippen LogP) is 1.97. The third-order valence-corrected chi connectivity index (χ3v) is 5.44. The summed E-state index contributed by atoms with van der Waals surface area (Å²) in [5.41, 5.74) is 0.0670. The SMILES string of the molecule is CC(C)(C)Cc1ncc(C(=O)NS(=O)(=O)CC2CCCO2)s1. The quantitative estimate of drug-likeness (QED) is 0.881. The Labute approximate surface area is 135 Å². The molecule has 0 spiro atoms. The fourth-order valence-electron chi connectivity index (χ4n) is 2.20. The minimum Gasteiger partial charge on any atom is -0.377 e. The minimum atomic E-state index is -3.68. The molecule has 0 saturated carbocycles. The fourth-order valence-corrected chi connectivity index (χ4v) is 4.61. The molecule has 1 aromatic rings. The molecule has 22 heavy (non-hydrogen) atoms. The van der Waals surface area contributed by atoms with Gasteiger partial charge in [-0.2, -0.15) is 0 Å². The Morgan fingerprint density at radius 2 is 2.23 bits per heavy atom. The molecular weight excluding hydrogens is 324 g/mol. The van der Waals surface area contributed by atoms with Gasteiger partial charge in [0.15, 0.2) is 0 Å². The number of hydrogen-bond acceptors (Lipinski definition) is 6. The molecule has 1 fully saturated rings. The van der Waals surface area contributed by atoms with Crippen molar-refractivity contribution in [1.29, 1.82) is 0 Å². The smallest absolute Gasteiger partial charge is 0.276 e. The van der Waals surface area contributed by atoms with Gasteiger partial charge in [0.25, 0.3) is 5.91 Å². The Hall–Kier alpha value is -0.990. The topological polar surface area (TPSA) is 85.4 Å². The molecule has 0 radical (unpaired) electrons. The van der Waals surface area contributed by atoms with E-state index in [-0.39, 0.29) is 17.3 Å². The molecule has 1 atom stereocenters. The first-order valence-corrected chi connectivity index (χ1v) is 9.73. The third-order valence-electron chi connectivity index (χ3n) is 3.14. The molecule has 124 valence electrons. The van der Waals surface area contributed by atoms with Crippen molar-refractivity contribution in [1.82, 2.24) is 9.71 Å². The molecule has 1 unspecified atom stereocenters. The zero-order chi connectivity index (χ0) is 16.4. The van der Waals surface area contributed by atoms with Crippen LogP contribution in [0.5, 0.6) is 0 Å². The van der Waals surface area contributed by atoms with Crippen LogP contribution in [0.2, 0.25) is 0 Å². The zero-order valence-corrected chi connectivity index (χ0v) is 14.7. The monoisotopic (exact) mass is 346 g/mol. The average molecular weight is 346 g/mol. The van der Waals surface area contributed by atoms with Crippen molar-refractivity contribution in [3.63, 3.8) is 0 Å². The van der Waals surface area contributed by atoms with Gasteiger partial charge in [0.05, 0.1) is 23.1 Å². The number of rotatable bonds is 5. The lowest BCUT2D eigenvalue weighted by Gasteiger charge is -2.15. The Morgan fingerprint density at radius 1 is 1.50 bits per heavy atom. The molecule has 6 nitrogen and oxygen atoms in total. The van der Waals surface area contributed by atoms with Gasteiger partial charge in [-0.3, -0.25) is 4.79 Å². The van der Waals surface area contributed by atoms with Gasteiger partial charge in [-0.1, -0.05) is 20.8 Å². The van der Waals surface area contributed by atoms with Gasteiger partial charge < -0.3 is 4.74 Å². The number of aromatic nitrogens is 1. The lowest BCUT2D eigenvalue weighted by molar-refractivity contribution is 0.0983. The zero-order valence-electron chi connectivity index (χ0n) is 13.1. The van der Waals surface area contributed by atoms with Gasteiger partial charge in [0.2, 0.25) is 10.0 Å². The highest BCUT2D eigenvalue weighted by Gasteiger charge is 2.26. The van der Waals surface area contributed by atoms with Crippen LogP contribution in [0.3, 0.4) is 0 Å². The number of ether oxygens (including phenoxy) is 1. The number of thiazole rings is 1. The van der Waals surface area contributed by atoms with Crippen molar-refractivity contribution in [2.75, 3.05) is 12.4 Å². The standard InChI is InChI=1S/C14H22N2O4S2/c1-14(2,3)7-12-15-8-11(21-12)13(17)16-22(18,19)9-10-5-4-6-20-10/h8,10H,4-7,9H2,1-3H3,(H,16,17). The number of nitrogens with one attached hydrogen (secondary N) is 1. The van der Waals surface area contributed by atoms with Crippen molar-refractivity contribution in [3.05, 3.63) is 16.1 Å². The van der Waals surface area contributed by atoms with Crippen LogP contribution in [0.15, 0.2) is 6.20 Å². The van der Waals surface area contributed by atoms with Gasteiger partial charge in [-0.25, -0.2) is 18.1 Å².